The number of ether oxygens (including phenoxy) is 1. The molecule has 2 aliphatic rings. The van der Waals surface area contributed by atoms with Gasteiger partial charge in [-0.05, 0) is 20.8 Å². The molecule has 2 fully saturated rings. The van der Waals surface area contributed by atoms with Gasteiger partial charge in [-0.3, -0.25) is 4.90 Å². The molecule has 2 aliphatic heterocycles. The molecule has 3 amide bonds. The SMILES string of the molecule is CC(C)(C)OC(=O)N1CCN2C(=O)N(c3ncc(C(=O)O)s3)CC2C1. The predicted molar refractivity (Wildman–Crippen MR) is 90.1 cm³/mol. The number of amides is 3. The van der Waals surface area contributed by atoms with Crippen molar-refractivity contribution >= 4 is 34.6 Å². The fourth-order valence-corrected chi connectivity index (χ4v) is 3.61. The number of hydrogen-bond acceptors (Lipinski definition) is 6. The molecule has 0 aliphatic carbocycles. The first kappa shape index (κ1) is 17.5. The van der Waals surface area contributed by atoms with Gasteiger partial charge in [0.2, 0.25) is 0 Å². The molecule has 1 aromatic heterocycles. The molecule has 0 radical (unpaired) electrons. The Morgan fingerprint density at radius 1 is 1.32 bits per heavy atom. The van der Waals surface area contributed by atoms with Crippen LogP contribution in [-0.2, 0) is 4.74 Å². The quantitative estimate of drug-likeness (QED) is 0.852. The summed E-state index contributed by atoms with van der Waals surface area (Å²) in [6.45, 7) is 7.00. The van der Waals surface area contributed by atoms with Crippen molar-refractivity contribution in [2.45, 2.75) is 32.4 Å². The lowest BCUT2D eigenvalue weighted by Crippen LogP contribution is -2.54. The highest BCUT2D eigenvalue weighted by molar-refractivity contribution is 7.17. The van der Waals surface area contributed by atoms with Gasteiger partial charge in [0.05, 0.1) is 18.8 Å². The summed E-state index contributed by atoms with van der Waals surface area (Å²) in [6, 6.07) is -0.369. The number of aromatic nitrogens is 1. The van der Waals surface area contributed by atoms with E-state index >= 15 is 0 Å². The number of carbonyl (C=O) groups is 3. The van der Waals surface area contributed by atoms with Gasteiger partial charge in [-0.15, -0.1) is 0 Å². The van der Waals surface area contributed by atoms with Gasteiger partial charge < -0.3 is 19.6 Å². The van der Waals surface area contributed by atoms with E-state index in [2.05, 4.69) is 4.98 Å². The van der Waals surface area contributed by atoms with Crippen molar-refractivity contribution in [3.05, 3.63) is 11.1 Å². The van der Waals surface area contributed by atoms with Gasteiger partial charge in [-0.2, -0.15) is 0 Å². The van der Waals surface area contributed by atoms with Gasteiger partial charge in [0, 0.05) is 19.6 Å². The van der Waals surface area contributed by atoms with Crippen molar-refractivity contribution in [3.8, 4) is 0 Å². The van der Waals surface area contributed by atoms with Crippen LogP contribution in [0.2, 0.25) is 0 Å². The molecule has 0 saturated carbocycles. The third-order valence-corrected chi connectivity index (χ3v) is 4.95. The Hall–Kier alpha value is -2.36. The number of hydrogen-bond donors (Lipinski definition) is 1. The molecular formula is C15H20N4O5S. The highest BCUT2D eigenvalue weighted by Crippen LogP contribution is 2.30. The van der Waals surface area contributed by atoms with Gasteiger partial charge in [0.1, 0.15) is 10.5 Å². The lowest BCUT2D eigenvalue weighted by atomic mass is 10.2. The Bertz CT molecular complexity index is 713. The van der Waals surface area contributed by atoms with E-state index in [1.54, 1.807) is 9.80 Å². The summed E-state index contributed by atoms with van der Waals surface area (Å²) in [7, 11) is 0. The van der Waals surface area contributed by atoms with E-state index in [1.807, 2.05) is 20.8 Å². The number of rotatable bonds is 2. The Balaban J connectivity index is 1.69. The maximum Gasteiger partial charge on any atom is 0.410 e. The van der Waals surface area contributed by atoms with Crippen LogP contribution in [0.3, 0.4) is 0 Å². The van der Waals surface area contributed by atoms with Crippen LogP contribution in [0.1, 0.15) is 30.4 Å². The molecule has 3 rings (SSSR count). The zero-order valence-corrected chi connectivity index (χ0v) is 15.1. The summed E-state index contributed by atoms with van der Waals surface area (Å²) < 4.78 is 5.39. The molecule has 1 unspecified atom stereocenters. The van der Waals surface area contributed by atoms with Crippen LogP contribution in [0.5, 0.6) is 0 Å². The van der Waals surface area contributed by atoms with Gasteiger partial charge in [0.25, 0.3) is 0 Å². The van der Waals surface area contributed by atoms with Gasteiger partial charge in [-0.25, -0.2) is 19.4 Å². The van der Waals surface area contributed by atoms with Gasteiger partial charge >= 0.3 is 18.1 Å². The number of carboxylic acids is 1. The zero-order valence-electron chi connectivity index (χ0n) is 14.3. The van der Waals surface area contributed by atoms with Crippen LogP contribution < -0.4 is 4.90 Å². The normalized spacial score (nSPS) is 20.7. The summed E-state index contributed by atoms with van der Waals surface area (Å²) in [6.07, 6.45) is 0.861. The van der Waals surface area contributed by atoms with Crippen LogP contribution in [0.4, 0.5) is 14.7 Å². The number of carboxylic acid groups (broad SMARTS) is 1. The summed E-state index contributed by atoms with van der Waals surface area (Å²) in [5, 5.41) is 9.36. The van der Waals surface area contributed by atoms with Gasteiger partial charge in [-0.1, -0.05) is 11.3 Å². The maximum atomic E-state index is 12.6. The van der Waals surface area contributed by atoms with Crippen molar-refractivity contribution in [1.82, 2.24) is 14.8 Å². The predicted octanol–water partition coefficient (Wildman–Crippen LogP) is 1.70. The molecule has 2 saturated heterocycles. The summed E-state index contributed by atoms with van der Waals surface area (Å²) in [5.41, 5.74) is -0.570. The number of urea groups is 1. The molecule has 1 N–H and O–H groups in total. The summed E-state index contributed by atoms with van der Waals surface area (Å²) in [4.78, 5) is 44.7. The van der Waals surface area contributed by atoms with E-state index in [4.69, 9.17) is 9.84 Å². The highest BCUT2D eigenvalue weighted by atomic mass is 32.1. The Morgan fingerprint density at radius 2 is 2.04 bits per heavy atom. The molecule has 0 spiro atoms. The molecule has 25 heavy (non-hydrogen) atoms. The van der Waals surface area contributed by atoms with Crippen molar-refractivity contribution in [1.29, 1.82) is 0 Å². The Labute approximate surface area is 148 Å². The second-order valence-corrected chi connectivity index (χ2v) is 7.99. The molecule has 0 aromatic carbocycles. The molecule has 1 atom stereocenters. The number of thiazole rings is 1. The largest absolute Gasteiger partial charge is 0.477 e. The first-order valence-electron chi connectivity index (χ1n) is 7.91. The molecule has 0 bridgehead atoms. The number of aromatic carboxylic acids is 1. The molecule has 3 heterocycles. The lowest BCUT2D eigenvalue weighted by molar-refractivity contribution is 0.0128. The first-order valence-corrected chi connectivity index (χ1v) is 8.72. The number of fused-ring (bicyclic) bond motifs is 1. The highest BCUT2D eigenvalue weighted by Gasteiger charge is 2.43. The molecule has 9 nitrogen and oxygen atoms in total. The molecule has 136 valence electrons. The summed E-state index contributed by atoms with van der Waals surface area (Å²) in [5.74, 6) is -1.07. The molecule has 10 heteroatoms. The lowest BCUT2D eigenvalue weighted by Gasteiger charge is -2.36. The smallest absolute Gasteiger partial charge is 0.410 e. The standard InChI is InChI=1S/C15H20N4O5S/c1-15(2,3)24-14(23)17-4-5-18-9(7-17)8-19(13(18)22)12-16-6-10(25-12)11(20)21/h6,9H,4-5,7-8H2,1-3H3,(H,20,21). The third-order valence-electron chi connectivity index (χ3n) is 3.94. The monoisotopic (exact) mass is 368 g/mol. The minimum Gasteiger partial charge on any atom is -0.477 e. The average molecular weight is 368 g/mol. The van der Waals surface area contributed by atoms with E-state index in [0.29, 0.717) is 31.3 Å². The van der Waals surface area contributed by atoms with Crippen LogP contribution in [0, 0.1) is 0 Å². The van der Waals surface area contributed by atoms with E-state index in [0.717, 1.165) is 11.3 Å². The van der Waals surface area contributed by atoms with Crippen molar-refractivity contribution in [2.75, 3.05) is 31.1 Å². The second-order valence-electron chi connectivity index (χ2n) is 6.98. The van der Waals surface area contributed by atoms with Crippen molar-refractivity contribution in [3.63, 3.8) is 0 Å². The average Bonchev–Trinajstić information content (AvgIpc) is 3.10. The Morgan fingerprint density at radius 3 is 2.64 bits per heavy atom. The van der Waals surface area contributed by atoms with Crippen LogP contribution in [-0.4, -0.2) is 75.8 Å². The third kappa shape index (κ3) is 3.53. The van der Waals surface area contributed by atoms with E-state index in [-0.39, 0.29) is 23.0 Å². The first-order chi connectivity index (χ1) is 11.7. The molecule has 1 aromatic rings. The van der Waals surface area contributed by atoms with Crippen LogP contribution >= 0.6 is 11.3 Å². The van der Waals surface area contributed by atoms with Crippen molar-refractivity contribution in [2.24, 2.45) is 0 Å². The van der Waals surface area contributed by atoms with E-state index in [1.165, 1.54) is 11.1 Å². The fourth-order valence-electron chi connectivity index (χ4n) is 2.85. The second kappa shape index (κ2) is 6.17. The zero-order chi connectivity index (χ0) is 18.4. The van der Waals surface area contributed by atoms with Gasteiger partial charge in [0.15, 0.2) is 5.13 Å². The van der Waals surface area contributed by atoms with Crippen LogP contribution in [0.25, 0.3) is 0 Å². The minimum atomic E-state index is -1.07. The Kier molecular flexibility index (Phi) is 4.31. The van der Waals surface area contributed by atoms with E-state index < -0.39 is 11.6 Å². The minimum absolute atomic E-state index is 0.0862. The number of anilines is 1. The maximum absolute atomic E-state index is 12.6. The topological polar surface area (TPSA) is 103 Å². The molecular weight excluding hydrogens is 348 g/mol. The summed E-state index contributed by atoms with van der Waals surface area (Å²) >= 11 is 0.965. The van der Waals surface area contributed by atoms with E-state index in [9.17, 15) is 14.4 Å². The van der Waals surface area contributed by atoms with Crippen LogP contribution in [0.15, 0.2) is 6.20 Å². The van der Waals surface area contributed by atoms with Crippen molar-refractivity contribution < 1.29 is 24.2 Å². The fraction of sp³-hybridized carbons (Fsp3) is 0.600. The number of carbonyl (C=O) groups excluding carboxylic acids is 2. The number of nitrogens with zero attached hydrogens (tertiary/aromatic N) is 4. The number of piperazine rings is 1.